The van der Waals surface area contributed by atoms with E-state index in [4.69, 9.17) is 5.73 Å². The lowest BCUT2D eigenvalue weighted by molar-refractivity contribution is 0.261. The fraction of sp³-hybridized carbons (Fsp3) is 0.231. The van der Waals surface area contributed by atoms with E-state index in [0.717, 1.165) is 31.5 Å². The number of nitrogen functional groups attached to an aromatic ring is 1. The summed E-state index contributed by atoms with van der Waals surface area (Å²) in [6.45, 7) is 1.06. The Morgan fingerprint density at radius 3 is 2.48 bits per heavy atom. The number of benzene rings is 3. The number of fused-ring (bicyclic) bond motifs is 3. The van der Waals surface area contributed by atoms with Crippen molar-refractivity contribution in [2.75, 3.05) is 19.3 Å². The number of nitrogens with zero attached hydrogens (tertiary/aromatic N) is 1. The molecule has 1 aliphatic rings. The fourth-order valence-electron chi connectivity index (χ4n) is 4.64. The largest absolute Gasteiger partial charge is 0.399 e. The van der Waals surface area contributed by atoms with Crippen molar-refractivity contribution in [3.8, 4) is 0 Å². The van der Waals surface area contributed by atoms with Crippen molar-refractivity contribution in [1.29, 1.82) is 0 Å². The van der Waals surface area contributed by atoms with Crippen LogP contribution in [0.15, 0.2) is 72.8 Å². The minimum atomic E-state index is 0.250. The Kier molecular flexibility index (Phi) is 4.61. The second-order valence-electron chi connectivity index (χ2n) is 8.18. The molecule has 1 aromatic heterocycles. The Hall–Kier alpha value is -3.04. The fourth-order valence-corrected chi connectivity index (χ4v) is 4.64. The Bertz CT molecular complexity index is 1130. The van der Waals surface area contributed by atoms with Crippen molar-refractivity contribution in [3.63, 3.8) is 0 Å². The van der Waals surface area contributed by atoms with Crippen LogP contribution in [0, 0.1) is 0 Å². The Labute approximate surface area is 172 Å². The Morgan fingerprint density at radius 1 is 0.931 bits per heavy atom. The maximum Gasteiger partial charge on any atom is 0.0754 e. The van der Waals surface area contributed by atoms with Crippen LogP contribution in [0.5, 0.6) is 0 Å². The van der Waals surface area contributed by atoms with E-state index in [0.29, 0.717) is 0 Å². The zero-order valence-electron chi connectivity index (χ0n) is 16.9. The topological polar surface area (TPSA) is 45.0 Å². The van der Waals surface area contributed by atoms with Gasteiger partial charge in [0.25, 0.3) is 0 Å². The van der Waals surface area contributed by atoms with Gasteiger partial charge in [-0.2, -0.15) is 0 Å². The van der Waals surface area contributed by atoms with Gasteiger partial charge in [0.2, 0.25) is 0 Å². The van der Waals surface area contributed by atoms with Gasteiger partial charge in [0.15, 0.2) is 0 Å². The molecule has 0 spiro atoms. The number of H-pyrrole nitrogens is 1. The molecule has 0 saturated carbocycles. The first-order chi connectivity index (χ1) is 14.2. The number of anilines is 1. The van der Waals surface area contributed by atoms with Crippen LogP contribution in [0.1, 0.15) is 34.0 Å². The number of aromatic amines is 1. The van der Waals surface area contributed by atoms with Crippen LogP contribution >= 0.6 is 0 Å². The van der Waals surface area contributed by atoms with Gasteiger partial charge in [-0.1, -0.05) is 48.5 Å². The summed E-state index contributed by atoms with van der Waals surface area (Å²) in [6, 6.07) is 26.2. The van der Waals surface area contributed by atoms with E-state index in [2.05, 4.69) is 77.6 Å². The van der Waals surface area contributed by atoms with Crippen LogP contribution in [-0.2, 0) is 19.3 Å². The van der Waals surface area contributed by atoms with Gasteiger partial charge in [-0.05, 0) is 72.8 Å². The molecule has 0 amide bonds. The molecule has 0 aliphatic carbocycles. The van der Waals surface area contributed by atoms with Crippen molar-refractivity contribution < 1.29 is 0 Å². The number of aryl methyl sites for hydroxylation is 2. The van der Waals surface area contributed by atoms with Gasteiger partial charge in [0.05, 0.1) is 6.04 Å². The highest BCUT2D eigenvalue weighted by Crippen LogP contribution is 2.38. The third-order valence-corrected chi connectivity index (χ3v) is 6.23. The molecule has 29 heavy (non-hydrogen) atoms. The van der Waals surface area contributed by atoms with E-state index in [1.807, 2.05) is 12.1 Å². The van der Waals surface area contributed by atoms with E-state index in [1.165, 1.54) is 38.9 Å². The number of hydrogen-bond donors (Lipinski definition) is 2. The second-order valence-corrected chi connectivity index (χ2v) is 8.18. The molecule has 0 bridgehead atoms. The molecule has 3 nitrogen and oxygen atoms in total. The van der Waals surface area contributed by atoms with Gasteiger partial charge in [-0.25, -0.2) is 0 Å². The molecule has 1 aliphatic heterocycles. The minimum absolute atomic E-state index is 0.250. The summed E-state index contributed by atoms with van der Waals surface area (Å²) in [6.07, 6.45) is 3.23. The zero-order valence-corrected chi connectivity index (χ0v) is 16.9. The normalized spacial score (nSPS) is 16.8. The molecule has 146 valence electrons. The minimum Gasteiger partial charge on any atom is -0.399 e. The highest BCUT2D eigenvalue weighted by Gasteiger charge is 2.29. The van der Waals surface area contributed by atoms with Crippen LogP contribution in [-0.4, -0.2) is 23.5 Å². The third-order valence-electron chi connectivity index (χ3n) is 6.23. The molecular weight excluding hydrogens is 354 g/mol. The maximum atomic E-state index is 5.91. The number of nitrogens with one attached hydrogen (secondary N) is 1. The van der Waals surface area contributed by atoms with E-state index >= 15 is 0 Å². The molecule has 1 atom stereocenters. The van der Waals surface area contributed by atoms with E-state index in [1.54, 1.807) is 0 Å². The van der Waals surface area contributed by atoms with Crippen molar-refractivity contribution in [2.24, 2.45) is 0 Å². The van der Waals surface area contributed by atoms with Crippen LogP contribution < -0.4 is 5.73 Å². The molecule has 0 radical (unpaired) electrons. The molecule has 3 aromatic carbocycles. The lowest BCUT2D eigenvalue weighted by Gasteiger charge is -2.33. The molecule has 4 aromatic rings. The van der Waals surface area contributed by atoms with Gasteiger partial charge in [-0.15, -0.1) is 0 Å². The molecule has 1 unspecified atom stereocenters. The summed E-state index contributed by atoms with van der Waals surface area (Å²) in [5, 5.41) is 1.39. The van der Waals surface area contributed by atoms with Gasteiger partial charge in [0.1, 0.15) is 0 Å². The van der Waals surface area contributed by atoms with Crippen LogP contribution in [0.4, 0.5) is 5.69 Å². The van der Waals surface area contributed by atoms with E-state index in [-0.39, 0.29) is 6.04 Å². The third kappa shape index (κ3) is 3.43. The first-order valence-corrected chi connectivity index (χ1v) is 10.4. The Balaban J connectivity index is 1.49. The molecule has 0 saturated heterocycles. The average Bonchev–Trinajstić information content (AvgIpc) is 3.11. The highest BCUT2D eigenvalue weighted by atomic mass is 15.1. The first-order valence-electron chi connectivity index (χ1n) is 10.4. The molecule has 0 fully saturated rings. The lowest BCUT2D eigenvalue weighted by atomic mass is 9.92. The van der Waals surface area contributed by atoms with Crippen molar-refractivity contribution in [2.45, 2.75) is 25.3 Å². The van der Waals surface area contributed by atoms with Gasteiger partial charge in [0, 0.05) is 28.8 Å². The first kappa shape index (κ1) is 18.0. The summed E-state index contributed by atoms with van der Waals surface area (Å²) < 4.78 is 0. The van der Waals surface area contributed by atoms with E-state index < -0.39 is 0 Å². The molecule has 5 rings (SSSR count). The van der Waals surface area contributed by atoms with Crippen LogP contribution in [0.25, 0.3) is 10.9 Å². The summed E-state index contributed by atoms with van der Waals surface area (Å²) in [5.41, 5.74) is 14.9. The number of likely N-dealkylation sites (N-methyl/N-ethyl adjacent to an activating group) is 1. The highest BCUT2D eigenvalue weighted by molar-refractivity contribution is 5.86. The van der Waals surface area contributed by atoms with Crippen LogP contribution in [0.2, 0.25) is 0 Å². The Morgan fingerprint density at radius 2 is 1.69 bits per heavy atom. The molecule has 2 heterocycles. The second kappa shape index (κ2) is 7.41. The van der Waals surface area contributed by atoms with Crippen molar-refractivity contribution >= 4 is 16.6 Å². The quantitative estimate of drug-likeness (QED) is 0.482. The van der Waals surface area contributed by atoms with E-state index in [9.17, 15) is 0 Å². The van der Waals surface area contributed by atoms with Crippen LogP contribution in [0.3, 0.4) is 0 Å². The van der Waals surface area contributed by atoms with Gasteiger partial charge < -0.3 is 10.7 Å². The van der Waals surface area contributed by atoms with Gasteiger partial charge in [-0.3, -0.25) is 4.90 Å². The smallest absolute Gasteiger partial charge is 0.0754 e. The number of nitrogens with two attached hydrogens (primary N) is 1. The maximum absolute atomic E-state index is 5.91. The molecule has 3 heteroatoms. The summed E-state index contributed by atoms with van der Waals surface area (Å²) >= 11 is 0. The number of rotatable bonds is 4. The average molecular weight is 382 g/mol. The summed E-state index contributed by atoms with van der Waals surface area (Å²) in [5.74, 6) is 0. The lowest BCUT2D eigenvalue weighted by Crippen LogP contribution is -2.32. The predicted octanol–water partition coefficient (Wildman–Crippen LogP) is 5.11. The predicted molar refractivity (Wildman–Crippen MR) is 121 cm³/mol. The number of aromatic nitrogens is 1. The summed E-state index contributed by atoms with van der Waals surface area (Å²) in [7, 11) is 2.21. The molecule has 3 N–H and O–H groups in total. The van der Waals surface area contributed by atoms with Gasteiger partial charge >= 0.3 is 0 Å². The van der Waals surface area contributed by atoms with Crippen molar-refractivity contribution in [1.82, 2.24) is 9.88 Å². The SMILES string of the molecule is CN1CCc2c([nH]c3ccc(CCc4ccccc4)cc23)C1c1ccc(N)cc1. The standard InChI is InChI=1S/C26H27N3/c1-29-16-15-22-23-17-19(8-7-18-5-3-2-4-6-18)9-14-24(23)28-25(22)26(29)20-10-12-21(27)13-11-20/h2-6,9-14,17,26,28H,7-8,15-16,27H2,1H3. The molecular formula is C26H27N3. The summed E-state index contributed by atoms with van der Waals surface area (Å²) in [4.78, 5) is 6.17. The zero-order chi connectivity index (χ0) is 19.8. The van der Waals surface area contributed by atoms with Crippen molar-refractivity contribution in [3.05, 3.63) is 101 Å². The number of hydrogen-bond acceptors (Lipinski definition) is 2. The monoisotopic (exact) mass is 381 g/mol.